The van der Waals surface area contributed by atoms with Crippen molar-refractivity contribution in [2.24, 2.45) is 11.8 Å². The van der Waals surface area contributed by atoms with Crippen molar-refractivity contribution in [2.75, 3.05) is 19.8 Å². The third-order valence-corrected chi connectivity index (χ3v) is 5.49. The van der Waals surface area contributed by atoms with E-state index in [9.17, 15) is 20.1 Å². The van der Waals surface area contributed by atoms with E-state index in [0.717, 1.165) is 38.5 Å². The van der Waals surface area contributed by atoms with Gasteiger partial charge in [0.05, 0.1) is 19.8 Å². The van der Waals surface area contributed by atoms with Crippen LogP contribution in [0, 0.1) is 11.8 Å². The Morgan fingerprint density at radius 2 is 1.74 bits per heavy atom. The van der Waals surface area contributed by atoms with E-state index in [4.69, 9.17) is 9.84 Å². The van der Waals surface area contributed by atoms with Crippen LogP contribution in [0.5, 0.6) is 0 Å². The molecule has 0 radical (unpaired) electrons. The fourth-order valence-electron chi connectivity index (χ4n) is 3.78. The van der Waals surface area contributed by atoms with E-state index in [2.05, 4.69) is 13.8 Å². The molecule has 0 amide bonds. The van der Waals surface area contributed by atoms with Crippen molar-refractivity contribution in [3.05, 3.63) is 11.6 Å². The molecule has 0 fully saturated rings. The Hall–Kier alpha value is -0.790. The normalized spacial score (nSPS) is 23.8. The second-order valence-corrected chi connectivity index (χ2v) is 7.59. The first kappa shape index (κ1) is 24.2. The first-order valence-corrected chi connectivity index (χ1v) is 10.4. The van der Waals surface area contributed by atoms with Gasteiger partial charge >= 0.3 is 0 Å². The average Bonchev–Trinajstić information content (AvgIpc) is 2.68. The number of aliphatic hydroxyl groups excluding tert-OH is 4. The summed E-state index contributed by atoms with van der Waals surface area (Å²) in [5.74, 6) is 0.580. The van der Waals surface area contributed by atoms with Crippen LogP contribution in [-0.2, 0) is 9.53 Å². The van der Waals surface area contributed by atoms with E-state index in [-0.39, 0.29) is 11.7 Å². The van der Waals surface area contributed by atoms with Crippen molar-refractivity contribution in [1.82, 2.24) is 0 Å². The molecule has 1 rings (SSSR count). The van der Waals surface area contributed by atoms with E-state index < -0.39 is 38.1 Å². The minimum atomic E-state index is -1.26. The Balaban J connectivity index is 2.94. The minimum Gasteiger partial charge on any atom is -0.394 e. The van der Waals surface area contributed by atoms with E-state index >= 15 is 0 Å². The highest BCUT2D eigenvalue weighted by atomic mass is 16.5. The van der Waals surface area contributed by atoms with Gasteiger partial charge in [0.1, 0.15) is 18.3 Å². The van der Waals surface area contributed by atoms with Crippen molar-refractivity contribution in [3.8, 4) is 0 Å². The lowest BCUT2D eigenvalue weighted by Crippen LogP contribution is -2.41. The van der Waals surface area contributed by atoms with Crippen LogP contribution in [-0.4, -0.2) is 64.3 Å². The monoisotopic (exact) mass is 386 g/mol. The number of ether oxygens (including phenoxy) is 1. The van der Waals surface area contributed by atoms with Gasteiger partial charge in [-0.1, -0.05) is 52.0 Å². The molecule has 0 aromatic heterocycles. The van der Waals surface area contributed by atoms with Gasteiger partial charge in [-0.2, -0.15) is 0 Å². The first-order chi connectivity index (χ1) is 13.0. The number of unbranched alkanes of at least 4 members (excludes halogenated alkanes) is 3. The highest BCUT2D eigenvalue weighted by Crippen LogP contribution is 2.35. The van der Waals surface area contributed by atoms with E-state index in [1.54, 1.807) is 0 Å². The zero-order chi connectivity index (χ0) is 20.2. The summed E-state index contributed by atoms with van der Waals surface area (Å²) in [6, 6.07) is 0. The molecule has 27 heavy (non-hydrogen) atoms. The van der Waals surface area contributed by atoms with Crippen LogP contribution in [0.3, 0.4) is 0 Å². The SMILES string of the molecule is CCCCC[C@H]1CC(=O)C(C(CO)OC(CO)C(O)CO)=C[C@H]1CCCC. The van der Waals surface area contributed by atoms with Crippen LogP contribution in [0.15, 0.2) is 11.6 Å². The molecule has 0 saturated carbocycles. The predicted octanol–water partition coefficient (Wildman–Crippen LogP) is 1.98. The fraction of sp³-hybridized carbons (Fsp3) is 0.857. The van der Waals surface area contributed by atoms with Gasteiger partial charge in [0.15, 0.2) is 5.78 Å². The second-order valence-electron chi connectivity index (χ2n) is 7.59. The van der Waals surface area contributed by atoms with Gasteiger partial charge in [-0.3, -0.25) is 4.79 Å². The van der Waals surface area contributed by atoms with Crippen molar-refractivity contribution in [2.45, 2.75) is 83.5 Å². The van der Waals surface area contributed by atoms with Gasteiger partial charge in [0.2, 0.25) is 0 Å². The van der Waals surface area contributed by atoms with E-state index in [1.807, 2.05) is 6.08 Å². The first-order valence-electron chi connectivity index (χ1n) is 10.4. The molecular formula is C21H38O6. The summed E-state index contributed by atoms with van der Waals surface area (Å²) in [6.07, 6.45) is 6.86. The molecule has 0 heterocycles. The predicted molar refractivity (Wildman–Crippen MR) is 104 cm³/mol. The molecule has 1 aliphatic rings. The second kappa shape index (κ2) is 13.4. The fourth-order valence-corrected chi connectivity index (χ4v) is 3.78. The van der Waals surface area contributed by atoms with Gasteiger partial charge in [-0.15, -0.1) is 0 Å². The summed E-state index contributed by atoms with van der Waals surface area (Å²) in [5, 5.41) is 37.9. The molecule has 1 aliphatic carbocycles. The van der Waals surface area contributed by atoms with E-state index in [0.29, 0.717) is 17.9 Å². The summed E-state index contributed by atoms with van der Waals surface area (Å²) in [6.45, 7) is 2.84. The molecule has 0 bridgehead atoms. The van der Waals surface area contributed by atoms with Crippen molar-refractivity contribution >= 4 is 5.78 Å². The van der Waals surface area contributed by atoms with Gasteiger partial charge < -0.3 is 25.2 Å². The Kier molecular flexibility index (Phi) is 12.0. The van der Waals surface area contributed by atoms with Crippen molar-refractivity contribution < 1.29 is 30.0 Å². The number of carbonyl (C=O) groups is 1. The number of ketones is 1. The summed E-state index contributed by atoms with van der Waals surface area (Å²) < 4.78 is 5.60. The van der Waals surface area contributed by atoms with Crippen LogP contribution in [0.2, 0.25) is 0 Å². The maximum Gasteiger partial charge on any atom is 0.161 e. The topological polar surface area (TPSA) is 107 Å². The van der Waals surface area contributed by atoms with Gasteiger partial charge in [0.25, 0.3) is 0 Å². The van der Waals surface area contributed by atoms with Crippen LogP contribution in [0.1, 0.15) is 65.2 Å². The molecule has 0 aromatic rings. The molecule has 0 aliphatic heterocycles. The van der Waals surface area contributed by atoms with Crippen molar-refractivity contribution in [1.29, 1.82) is 0 Å². The summed E-state index contributed by atoms with van der Waals surface area (Å²) in [7, 11) is 0. The standard InChI is InChI=1S/C21H38O6/c1-3-5-7-9-16-11-18(25)17(10-15(16)8-6-4-2)20(13-23)27-21(14-24)19(26)12-22/h10,15-16,19-24,26H,3-9,11-14H2,1-2H3/t15-,16+,19?,20?,21?/m1/s1. The molecule has 5 atom stereocenters. The molecule has 0 saturated heterocycles. The number of allylic oxidation sites excluding steroid dienone is 1. The quantitative estimate of drug-likeness (QED) is 0.340. The third kappa shape index (κ3) is 7.62. The number of rotatable bonds is 14. The largest absolute Gasteiger partial charge is 0.394 e. The highest BCUT2D eigenvalue weighted by Gasteiger charge is 2.34. The lowest BCUT2D eigenvalue weighted by Gasteiger charge is -2.33. The van der Waals surface area contributed by atoms with Gasteiger partial charge in [0, 0.05) is 12.0 Å². The minimum absolute atomic E-state index is 0.0292. The van der Waals surface area contributed by atoms with Crippen LogP contribution in [0.4, 0.5) is 0 Å². The molecule has 4 N–H and O–H groups in total. The molecule has 0 aromatic carbocycles. The molecule has 158 valence electrons. The summed E-state index contributed by atoms with van der Waals surface area (Å²) in [4.78, 5) is 12.7. The zero-order valence-corrected chi connectivity index (χ0v) is 16.8. The molecule has 6 heteroatoms. The summed E-state index contributed by atoms with van der Waals surface area (Å²) >= 11 is 0. The average molecular weight is 387 g/mol. The lowest BCUT2D eigenvalue weighted by molar-refractivity contribution is -0.127. The lowest BCUT2D eigenvalue weighted by atomic mass is 9.74. The van der Waals surface area contributed by atoms with Crippen LogP contribution < -0.4 is 0 Å². The van der Waals surface area contributed by atoms with Crippen molar-refractivity contribution in [3.63, 3.8) is 0 Å². The Morgan fingerprint density at radius 3 is 2.30 bits per heavy atom. The van der Waals surface area contributed by atoms with Crippen LogP contribution in [0.25, 0.3) is 0 Å². The van der Waals surface area contributed by atoms with Gasteiger partial charge in [-0.05, 0) is 24.7 Å². The Labute approximate surface area is 163 Å². The molecule has 6 nitrogen and oxygen atoms in total. The number of hydrogen-bond donors (Lipinski definition) is 4. The smallest absolute Gasteiger partial charge is 0.161 e. The number of hydrogen-bond acceptors (Lipinski definition) is 6. The summed E-state index contributed by atoms with van der Waals surface area (Å²) in [5.41, 5.74) is 0.439. The third-order valence-electron chi connectivity index (χ3n) is 5.49. The number of carbonyl (C=O) groups excluding carboxylic acids is 1. The molecule has 0 spiro atoms. The maximum absolute atomic E-state index is 12.7. The van der Waals surface area contributed by atoms with Gasteiger partial charge in [-0.25, -0.2) is 0 Å². The number of aliphatic hydroxyl groups is 4. The number of Topliss-reactive ketones (excluding diaryl/α,β-unsaturated/α-hetero) is 1. The highest BCUT2D eigenvalue weighted by molar-refractivity contribution is 5.97. The molecule has 3 unspecified atom stereocenters. The molecular weight excluding hydrogens is 348 g/mol. The zero-order valence-electron chi connectivity index (χ0n) is 16.8. The maximum atomic E-state index is 12.7. The van der Waals surface area contributed by atoms with Crippen LogP contribution >= 0.6 is 0 Å². The van der Waals surface area contributed by atoms with E-state index in [1.165, 1.54) is 6.42 Å². The Bertz CT molecular complexity index is 450. The Morgan fingerprint density at radius 1 is 1.04 bits per heavy atom.